The first-order chi connectivity index (χ1) is 9.33. The minimum absolute atomic E-state index is 0.192. The number of allylic oxidation sites excluding steroid dienone is 2. The van der Waals surface area contributed by atoms with Crippen molar-refractivity contribution in [1.82, 2.24) is 10.6 Å². The molecule has 1 amide bonds. The van der Waals surface area contributed by atoms with Crippen LogP contribution in [0.3, 0.4) is 0 Å². The van der Waals surface area contributed by atoms with Crippen LogP contribution in [0, 0.1) is 0 Å². The van der Waals surface area contributed by atoms with Gasteiger partial charge in [-0.1, -0.05) is 31.9 Å². The van der Waals surface area contributed by atoms with Gasteiger partial charge in [-0.15, -0.1) is 0 Å². The predicted octanol–water partition coefficient (Wildman–Crippen LogP) is 3.16. The Bertz CT molecular complexity index is 263. The van der Waals surface area contributed by atoms with E-state index in [9.17, 15) is 4.79 Å². The molecule has 2 N–H and O–H groups in total. The van der Waals surface area contributed by atoms with Gasteiger partial charge in [0, 0.05) is 25.6 Å². The van der Waals surface area contributed by atoms with E-state index in [1.807, 2.05) is 0 Å². The van der Waals surface area contributed by atoms with Gasteiger partial charge in [0.1, 0.15) is 0 Å². The fraction of sp³-hybridized carbons (Fsp3) is 0.812. The zero-order valence-electron chi connectivity index (χ0n) is 12.4. The van der Waals surface area contributed by atoms with Crippen molar-refractivity contribution in [3.63, 3.8) is 0 Å². The molecular weight excluding hydrogens is 236 g/mol. The van der Waals surface area contributed by atoms with Crippen LogP contribution in [0.4, 0.5) is 0 Å². The second kappa shape index (κ2) is 11.0. The van der Waals surface area contributed by atoms with E-state index in [0.29, 0.717) is 12.5 Å². The molecule has 3 heteroatoms. The molecule has 0 fully saturated rings. The molecule has 1 atom stereocenters. The summed E-state index contributed by atoms with van der Waals surface area (Å²) in [5.41, 5.74) is 0. The van der Waals surface area contributed by atoms with E-state index in [4.69, 9.17) is 0 Å². The van der Waals surface area contributed by atoms with E-state index < -0.39 is 0 Å². The number of amides is 1. The van der Waals surface area contributed by atoms with E-state index >= 15 is 0 Å². The molecule has 1 aliphatic heterocycles. The molecular formula is C16H30N2O. The van der Waals surface area contributed by atoms with Gasteiger partial charge >= 0.3 is 0 Å². The molecule has 0 aliphatic carbocycles. The van der Waals surface area contributed by atoms with E-state index in [2.05, 4.69) is 29.7 Å². The quantitative estimate of drug-likeness (QED) is 0.754. The van der Waals surface area contributed by atoms with Crippen LogP contribution in [-0.4, -0.2) is 25.0 Å². The van der Waals surface area contributed by atoms with Crippen LogP contribution in [0.1, 0.15) is 64.7 Å². The van der Waals surface area contributed by atoms with Crippen molar-refractivity contribution >= 4 is 5.91 Å². The van der Waals surface area contributed by atoms with Crippen LogP contribution in [-0.2, 0) is 4.79 Å². The maximum Gasteiger partial charge on any atom is 0.220 e. The third-order valence-electron chi connectivity index (χ3n) is 3.63. The molecule has 0 aromatic rings. The average Bonchev–Trinajstić information content (AvgIpc) is 2.41. The fourth-order valence-corrected chi connectivity index (χ4v) is 2.53. The SMILES string of the molecule is CCCC1CCCC/C=C\CCCC(=O)NCCN1. The van der Waals surface area contributed by atoms with E-state index in [1.54, 1.807) is 0 Å². The number of carbonyl (C=O) groups excluding carboxylic acids is 1. The molecule has 19 heavy (non-hydrogen) atoms. The number of rotatable bonds is 2. The Balaban J connectivity index is 2.35. The van der Waals surface area contributed by atoms with Crippen LogP contribution in [0.25, 0.3) is 0 Å². The predicted molar refractivity (Wildman–Crippen MR) is 81.2 cm³/mol. The molecule has 0 radical (unpaired) electrons. The number of hydrogen-bond acceptors (Lipinski definition) is 2. The van der Waals surface area contributed by atoms with Crippen molar-refractivity contribution in [1.29, 1.82) is 0 Å². The summed E-state index contributed by atoms with van der Waals surface area (Å²) in [7, 11) is 0. The molecule has 0 aromatic carbocycles. The highest BCUT2D eigenvalue weighted by Gasteiger charge is 2.07. The van der Waals surface area contributed by atoms with Gasteiger partial charge in [-0.05, 0) is 38.5 Å². The molecule has 0 bridgehead atoms. The number of hydrogen-bond donors (Lipinski definition) is 2. The monoisotopic (exact) mass is 266 g/mol. The number of carbonyl (C=O) groups is 1. The molecule has 1 aliphatic rings. The van der Waals surface area contributed by atoms with Crippen molar-refractivity contribution in [3.8, 4) is 0 Å². The van der Waals surface area contributed by atoms with Crippen LogP contribution in [0.5, 0.6) is 0 Å². The van der Waals surface area contributed by atoms with Gasteiger partial charge < -0.3 is 10.6 Å². The molecule has 0 saturated carbocycles. The van der Waals surface area contributed by atoms with Gasteiger partial charge in [0.05, 0.1) is 0 Å². The van der Waals surface area contributed by atoms with Crippen molar-refractivity contribution < 1.29 is 4.79 Å². The lowest BCUT2D eigenvalue weighted by molar-refractivity contribution is -0.121. The molecule has 1 unspecified atom stereocenters. The first-order valence-electron chi connectivity index (χ1n) is 7.98. The van der Waals surface area contributed by atoms with Crippen molar-refractivity contribution in [2.45, 2.75) is 70.8 Å². The molecule has 1 rings (SSSR count). The average molecular weight is 266 g/mol. The zero-order chi connectivity index (χ0) is 13.8. The molecule has 0 aromatic heterocycles. The topological polar surface area (TPSA) is 41.1 Å². The Morgan fingerprint density at radius 2 is 1.95 bits per heavy atom. The van der Waals surface area contributed by atoms with Crippen molar-refractivity contribution in [2.75, 3.05) is 13.1 Å². The molecule has 110 valence electrons. The molecule has 1 heterocycles. The van der Waals surface area contributed by atoms with Crippen LogP contribution in [0.15, 0.2) is 12.2 Å². The Labute approximate surface area is 118 Å². The standard InChI is InChI=1S/C16H30N2O/c1-2-10-15-11-8-6-4-3-5-7-9-12-16(19)18-14-13-17-15/h3,5,15,17H,2,4,6-14H2,1H3,(H,18,19)/b5-3-. The first kappa shape index (κ1) is 16.2. The van der Waals surface area contributed by atoms with E-state index in [-0.39, 0.29) is 5.91 Å². The van der Waals surface area contributed by atoms with Crippen LogP contribution >= 0.6 is 0 Å². The Hall–Kier alpha value is -0.830. The number of nitrogens with one attached hydrogen (secondary N) is 2. The third-order valence-corrected chi connectivity index (χ3v) is 3.63. The molecule has 3 nitrogen and oxygen atoms in total. The van der Waals surface area contributed by atoms with Crippen LogP contribution < -0.4 is 10.6 Å². The van der Waals surface area contributed by atoms with Gasteiger partial charge in [0.25, 0.3) is 0 Å². The third kappa shape index (κ3) is 8.82. The lowest BCUT2D eigenvalue weighted by Crippen LogP contribution is -2.37. The maximum atomic E-state index is 11.6. The summed E-state index contributed by atoms with van der Waals surface area (Å²) >= 11 is 0. The van der Waals surface area contributed by atoms with Gasteiger partial charge in [0.15, 0.2) is 0 Å². The molecule has 0 saturated heterocycles. The lowest BCUT2D eigenvalue weighted by atomic mass is 10.0. The molecule has 0 spiro atoms. The smallest absolute Gasteiger partial charge is 0.220 e. The minimum Gasteiger partial charge on any atom is -0.355 e. The zero-order valence-corrected chi connectivity index (χ0v) is 12.4. The second-order valence-electron chi connectivity index (χ2n) is 5.44. The van der Waals surface area contributed by atoms with E-state index in [1.165, 1.54) is 38.5 Å². The summed E-state index contributed by atoms with van der Waals surface area (Å²) in [5, 5.41) is 6.57. The Kier molecular flexibility index (Phi) is 9.42. The maximum absolute atomic E-state index is 11.6. The van der Waals surface area contributed by atoms with Crippen molar-refractivity contribution in [2.24, 2.45) is 0 Å². The summed E-state index contributed by atoms with van der Waals surface area (Å²) in [5.74, 6) is 0.192. The van der Waals surface area contributed by atoms with Gasteiger partial charge in [-0.3, -0.25) is 4.79 Å². The van der Waals surface area contributed by atoms with Gasteiger partial charge in [-0.2, -0.15) is 0 Å². The van der Waals surface area contributed by atoms with Crippen molar-refractivity contribution in [3.05, 3.63) is 12.2 Å². The largest absolute Gasteiger partial charge is 0.355 e. The fourth-order valence-electron chi connectivity index (χ4n) is 2.53. The Morgan fingerprint density at radius 1 is 1.16 bits per heavy atom. The summed E-state index contributed by atoms with van der Waals surface area (Å²) in [6, 6.07) is 0.621. The first-order valence-corrected chi connectivity index (χ1v) is 7.98. The highest BCUT2D eigenvalue weighted by atomic mass is 16.1. The Morgan fingerprint density at radius 3 is 2.74 bits per heavy atom. The second-order valence-corrected chi connectivity index (χ2v) is 5.44. The normalized spacial score (nSPS) is 25.9. The van der Waals surface area contributed by atoms with Gasteiger partial charge in [0.2, 0.25) is 5.91 Å². The summed E-state index contributed by atoms with van der Waals surface area (Å²) in [4.78, 5) is 11.6. The highest BCUT2D eigenvalue weighted by molar-refractivity contribution is 5.75. The summed E-state index contributed by atoms with van der Waals surface area (Å²) < 4.78 is 0. The highest BCUT2D eigenvalue weighted by Crippen LogP contribution is 2.09. The lowest BCUT2D eigenvalue weighted by Gasteiger charge is -2.18. The minimum atomic E-state index is 0.192. The van der Waals surface area contributed by atoms with Crippen LogP contribution in [0.2, 0.25) is 0 Å². The van der Waals surface area contributed by atoms with E-state index in [0.717, 1.165) is 25.9 Å². The van der Waals surface area contributed by atoms with Gasteiger partial charge in [-0.25, -0.2) is 0 Å². The summed E-state index contributed by atoms with van der Waals surface area (Å²) in [6.07, 6.45) is 14.7. The summed E-state index contributed by atoms with van der Waals surface area (Å²) in [6.45, 7) is 3.89.